The molecule has 2 aromatic carbocycles. The minimum atomic E-state index is -3.56. The molecular weight excluding hydrogens is 542 g/mol. The molecule has 0 unspecified atom stereocenters. The Labute approximate surface area is 231 Å². The highest BCUT2D eigenvalue weighted by Gasteiger charge is 2.18. The molecule has 0 bridgehead atoms. The van der Waals surface area contributed by atoms with Gasteiger partial charge in [0.05, 0.1) is 24.7 Å². The smallest absolute Gasteiger partial charge is 0.232 e. The van der Waals surface area contributed by atoms with Gasteiger partial charge in [-0.15, -0.1) is 10.2 Å². The number of aromatic nitrogens is 3. The SMILES string of the molecule is CCS(=O)(=O)Nc1ccc(Oc2ccc(F)cc2F)c(-c2cc(NCCN3CCOCC3)c3nnc(C)n3c2)c1. The fourth-order valence-electron chi connectivity index (χ4n) is 4.39. The summed E-state index contributed by atoms with van der Waals surface area (Å²) in [5, 5.41) is 12.0. The van der Waals surface area contributed by atoms with E-state index in [1.165, 1.54) is 19.1 Å². The summed E-state index contributed by atoms with van der Waals surface area (Å²) in [7, 11) is -3.56. The van der Waals surface area contributed by atoms with Gasteiger partial charge in [-0.3, -0.25) is 14.0 Å². The summed E-state index contributed by atoms with van der Waals surface area (Å²) in [6, 6.07) is 9.59. The molecule has 3 heterocycles. The number of nitrogens with one attached hydrogen (secondary N) is 2. The van der Waals surface area contributed by atoms with E-state index >= 15 is 0 Å². The standard InChI is InChI=1S/C27H30F2N6O4S/c1-3-40(36,37)33-21-5-7-25(39-26-6-4-20(28)15-23(26)29)22(16-21)19-14-24(27-32-31-18(2)35(27)17-19)30-8-9-34-10-12-38-13-11-34/h4-7,14-17,30,33H,3,8-13H2,1-2H3. The van der Waals surface area contributed by atoms with Crippen molar-refractivity contribution in [3.8, 4) is 22.6 Å². The van der Waals surface area contributed by atoms with Crippen LogP contribution in [0, 0.1) is 18.6 Å². The number of hydrogen-bond acceptors (Lipinski definition) is 8. The molecule has 2 aromatic heterocycles. The van der Waals surface area contributed by atoms with Gasteiger partial charge in [-0.05, 0) is 50.2 Å². The van der Waals surface area contributed by atoms with E-state index in [0.29, 0.717) is 53.7 Å². The normalized spacial score (nSPS) is 14.4. The number of nitrogens with zero attached hydrogens (tertiary/aromatic N) is 4. The van der Waals surface area contributed by atoms with Crippen molar-refractivity contribution in [3.05, 3.63) is 66.1 Å². The molecule has 4 aromatic rings. The first-order valence-corrected chi connectivity index (χ1v) is 14.5. The Kier molecular flexibility index (Phi) is 8.14. The molecular formula is C27H30F2N6O4S. The van der Waals surface area contributed by atoms with Gasteiger partial charge in [0.15, 0.2) is 17.2 Å². The van der Waals surface area contributed by atoms with Gasteiger partial charge in [-0.1, -0.05) is 0 Å². The highest BCUT2D eigenvalue weighted by molar-refractivity contribution is 7.92. The minimum Gasteiger partial charge on any atom is -0.454 e. The maximum Gasteiger partial charge on any atom is 0.232 e. The molecule has 13 heteroatoms. The summed E-state index contributed by atoms with van der Waals surface area (Å²) in [5.41, 5.74) is 2.76. The van der Waals surface area contributed by atoms with Crippen LogP contribution in [0.2, 0.25) is 0 Å². The third-order valence-electron chi connectivity index (χ3n) is 6.58. The highest BCUT2D eigenvalue weighted by Crippen LogP contribution is 2.38. The molecule has 0 aliphatic carbocycles. The zero-order valence-electron chi connectivity index (χ0n) is 22.2. The number of ether oxygens (including phenoxy) is 2. The molecule has 2 N–H and O–H groups in total. The van der Waals surface area contributed by atoms with Gasteiger partial charge in [-0.25, -0.2) is 17.2 Å². The lowest BCUT2D eigenvalue weighted by molar-refractivity contribution is 0.0398. The molecule has 0 atom stereocenters. The Morgan fingerprint density at radius 3 is 2.58 bits per heavy atom. The first kappa shape index (κ1) is 27.7. The fraction of sp³-hybridized carbons (Fsp3) is 0.333. The maximum absolute atomic E-state index is 14.5. The molecule has 0 saturated carbocycles. The van der Waals surface area contributed by atoms with Crippen molar-refractivity contribution >= 4 is 27.0 Å². The summed E-state index contributed by atoms with van der Waals surface area (Å²) in [6.07, 6.45) is 1.80. The fourth-order valence-corrected chi connectivity index (χ4v) is 5.02. The zero-order chi connectivity index (χ0) is 28.3. The second kappa shape index (κ2) is 11.7. The lowest BCUT2D eigenvalue weighted by Gasteiger charge is -2.26. The number of halogens is 2. The van der Waals surface area contributed by atoms with Crippen LogP contribution in [0.5, 0.6) is 11.5 Å². The first-order chi connectivity index (χ1) is 19.2. The van der Waals surface area contributed by atoms with E-state index in [2.05, 4.69) is 25.1 Å². The molecule has 1 aliphatic heterocycles. The van der Waals surface area contributed by atoms with E-state index < -0.39 is 21.7 Å². The van der Waals surface area contributed by atoms with Gasteiger partial charge in [0.2, 0.25) is 10.0 Å². The number of fused-ring (bicyclic) bond motifs is 1. The lowest BCUT2D eigenvalue weighted by atomic mass is 10.0. The van der Waals surface area contributed by atoms with Crippen LogP contribution in [0.1, 0.15) is 12.7 Å². The molecule has 1 saturated heterocycles. The third-order valence-corrected chi connectivity index (χ3v) is 7.89. The summed E-state index contributed by atoms with van der Waals surface area (Å²) >= 11 is 0. The molecule has 0 spiro atoms. The topological polar surface area (TPSA) is 110 Å². The average Bonchev–Trinajstić information content (AvgIpc) is 3.32. The molecule has 1 fully saturated rings. The first-order valence-electron chi connectivity index (χ1n) is 12.9. The van der Waals surface area contributed by atoms with E-state index in [0.717, 1.165) is 31.8 Å². The molecule has 0 radical (unpaired) electrons. The number of hydrogen-bond donors (Lipinski definition) is 2. The van der Waals surface area contributed by atoms with Crippen molar-refractivity contribution in [3.63, 3.8) is 0 Å². The van der Waals surface area contributed by atoms with E-state index in [4.69, 9.17) is 9.47 Å². The monoisotopic (exact) mass is 572 g/mol. The van der Waals surface area contributed by atoms with Gasteiger partial charge < -0.3 is 14.8 Å². The quantitative estimate of drug-likeness (QED) is 0.290. The van der Waals surface area contributed by atoms with Crippen molar-refractivity contribution in [2.75, 3.05) is 55.2 Å². The number of anilines is 2. The molecule has 0 amide bonds. The maximum atomic E-state index is 14.5. The van der Waals surface area contributed by atoms with Gasteiger partial charge >= 0.3 is 0 Å². The second-order valence-electron chi connectivity index (χ2n) is 9.36. The number of pyridine rings is 1. The van der Waals surface area contributed by atoms with Crippen molar-refractivity contribution in [1.82, 2.24) is 19.5 Å². The average molecular weight is 573 g/mol. The van der Waals surface area contributed by atoms with Gasteiger partial charge in [-0.2, -0.15) is 0 Å². The van der Waals surface area contributed by atoms with Crippen molar-refractivity contribution in [1.29, 1.82) is 0 Å². The van der Waals surface area contributed by atoms with Crippen LogP contribution < -0.4 is 14.8 Å². The Balaban J connectivity index is 1.55. The molecule has 1 aliphatic rings. The van der Waals surface area contributed by atoms with Gasteiger partial charge in [0, 0.05) is 55.3 Å². The van der Waals surface area contributed by atoms with E-state index in [9.17, 15) is 17.2 Å². The van der Waals surface area contributed by atoms with Crippen LogP contribution in [-0.2, 0) is 14.8 Å². The zero-order valence-corrected chi connectivity index (χ0v) is 23.0. The van der Waals surface area contributed by atoms with E-state index in [-0.39, 0.29) is 17.3 Å². The molecule has 10 nitrogen and oxygen atoms in total. The third kappa shape index (κ3) is 6.32. The largest absolute Gasteiger partial charge is 0.454 e. The van der Waals surface area contributed by atoms with Crippen LogP contribution in [0.25, 0.3) is 16.8 Å². The predicted octanol–water partition coefficient (Wildman–Crippen LogP) is 4.28. The van der Waals surface area contributed by atoms with Crippen LogP contribution in [0.15, 0.2) is 48.7 Å². The number of morpholine rings is 1. The highest BCUT2D eigenvalue weighted by atomic mass is 32.2. The Morgan fingerprint density at radius 2 is 1.82 bits per heavy atom. The Bertz CT molecular complexity index is 1620. The van der Waals surface area contributed by atoms with Gasteiger partial charge in [0.25, 0.3) is 0 Å². The number of benzene rings is 2. The van der Waals surface area contributed by atoms with E-state index in [1.807, 2.05) is 17.4 Å². The van der Waals surface area contributed by atoms with Crippen molar-refractivity contribution in [2.45, 2.75) is 13.8 Å². The summed E-state index contributed by atoms with van der Waals surface area (Å²) in [4.78, 5) is 2.30. The van der Waals surface area contributed by atoms with Crippen molar-refractivity contribution in [2.24, 2.45) is 0 Å². The molecule has 212 valence electrons. The van der Waals surface area contributed by atoms with E-state index in [1.54, 1.807) is 18.3 Å². The number of aryl methyl sites for hydroxylation is 1. The van der Waals surface area contributed by atoms with Gasteiger partial charge in [0.1, 0.15) is 17.4 Å². The molecule has 40 heavy (non-hydrogen) atoms. The van der Waals surface area contributed by atoms with Crippen molar-refractivity contribution < 1.29 is 26.7 Å². The summed E-state index contributed by atoms with van der Waals surface area (Å²) in [5.74, 6) is -0.981. The minimum absolute atomic E-state index is 0.107. The van der Waals surface area contributed by atoms with Crippen LogP contribution in [0.4, 0.5) is 20.2 Å². The van der Waals surface area contributed by atoms with Crippen LogP contribution >= 0.6 is 0 Å². The van der Waals surface area contributed by atoms with Crippen LogP contribution in [-0.4, -0.2) is 73.1 Å². The number of rotatable bonds is 10. The Morgan fingerprint density at radius 1 is 1.05 bits per heavy atom. The Hall–Kier alpha value is -3.81. The summed E-state index contributed by atoms with van der Waals surface area (Å²) < 4.78 is 68.2. The molecule has 5 rings (SSSR count). The van der Waals surface area contributed by atoms with Crippen LogP contribution in [0.3, 0.4) is 0 Å². The number of sulfonamides is 1. The summed E-state index contributed by atoms with van der Waals surface area (Å²) in [6.45, 7) is 7.95. The lowest BCUT2D eigenvalue weighted by Crippen LogP contribution is -2.39. The second-order valence-corrected chi connectivity index (χ2v) is 11.4. The predicted molar refractivity (Wildman–Crippen MR) is 148 cm³/mol.